The van der Waals surface area contributed by atoms with Crippen molar-refractivity contribution >= 4 is 17.7 Å². The predicted octanol–water partition coefficient (Wildman–Crippen LogP) is 2.45. The number of carbonyl (C=O) groups is 1. The normalized spacial score (nSPS) is 10.9. The van der Waals surface area contributed by atoms with E-state index in [1.54, 1.807) is 6.07 Å². The minimum atomic E-state index is -4.59. The highest BCUT2D eigenvalue weighted by Gasteiger charge is 2.32. The van der Waals surface area contributed by atoms with Gasteiger partial charge in [0.2, 0.25) is 0 Å². The molecule has 102 valence electrons. The van der Waals surface area contributed by atoms with E-state index in [2.05, 4.69) is 4.74 Å². The van der Waals surface area contributed by atoms with E-state index in [4.69, 9.17) is 10.4 Å². The van der Waals surface area contributed by atoms with Gasteiger partial charge in [0.25, 0.3) is 0 Å². The van der Waals surface area contributed by atoms with Crippen molar-refractivity contribution in [2.75, 3.05) is 7.11 Å². The molecule has 0 aliphatic rings. The number of methoxy groups -OCH3 is 1. The van der Waals surface area contributed by atoms with Crippen LogP contribution in [0.2, 0.25) is 0 Å². The van der Waals surface area contributed by atoms with Crippen LogP contribution in [0.3, 0.4) is 0 Å². The number of nitriles is 1. The van der Waals surface area contributed by atoms with E-state index >= 15 is 0 Å². The molecule has 0 radical (unpaired) electrons. The highest BCUT2D eigenvalue weighted by molar-refractivity contribution is 8.00. The summed E-state index contributed by atoms with van der Waals surface area (Å²) in [5.74, 6) is -0.979. The van der Waals surface area contributed by atoms with E-state index in [0.717, 1.165) is 19.2 Å². The molecule has 1 N–H and O–H groups in total. The zero-order valence-corrected chi connectivity index (χ0v) is 10.4. The molecule has 0 saturated heterocycles. The number of carbonyl (C=O) groups excluding carboxylic acids is 1. The molecule has 1 rings (SSSR count). The lowest BCUT2D eigenvalue weighted by atomic mass is 10.1. The van der Waals surface area contributed by atoms with Gasteiger partial charge < -0.3 is 9.84 Å². The van der Waals surface area contributed by atoms with Crippen molar-refractivity contribution in [2.24, 2.45) is 0 Å². The Kier molecular flexibility index (Phi) is 4.80. The molecule has 0 unspecified atom stereocenters. The van der Waals surface area contributed by atoms with Gasteiger partial charge in [0.05, 0.1) is 30.9 Å². The van der Waals surface area contributed by atoms with Crippen LogP contribution in [0.4, 0.5) is 13.2 Å². The number of hydrogen-bond donors (Lipinski definition) is 1. The zero-order chi connectivity index (χ0) is 14.6. The van der Waals surface area contributed by atoms with Gasteiger partial charge in [-0.3, -0.25) is 0 Å². The maximum atomic E-state index is 12.4. The molecule has 0 aromatic heterocycles. The number of aliphatic hydroxyl groups excluding tert-OH is 1. The first-order valence-corrected chi connectivity index (χ1v) is 5.66. The lowest BCUT2D eigenvalue weighted by Crippen LogP contribution is -2.08. The van der Waals surface area contributed by atoms with Crippen LogP contribution in [0.15, 0.2) is 17.0 Å². The number of aliphatic hydroxyl groups is 1. The number of rotatable bonds is 3. The molecule has 0 bridgehead atoms. The summed E-state index contributed by atoms with van der Waals surface area (Å²) in [6.07, 6.45) is 0. The fraction of sp³-hybridized carbons (Fsp3) is 0.273. The number of thioether (sulfide) groups is 1. The summed E-state index contributed by atoms with van der Waals surface area (Å²) in [6.45, 7) is -0.601. The number of alkyl halides is 3. The number of hydrogen-bond acceptors (Lipinski definition) is 5. The van der Waals surface area contributed by atoms with E-state index in [1.807, 2.05) is 0 Å². The van der Waals surface area contributed by atoms with Crippen LogP contribution >= 0.6 is 11.8 Å². The monoisotopic (exact) mass is 291 g/mol. The van der Waals surface area contributed by atoms with Crippen molar-refractivity contribution in [1.29, 1.82) is 5.26 Å². The van der Waals surface area contributed by atoms with Crippen molar-refractivity contribution in [3.8, 4) is 6.07 Å². The Labute approximate surface area is 110 Å². The van der Waals surface area contributed by atoms with Crippen LogP contribution in [0, 0.1) is 11.3 Å². The second-order valence-corrected chi connectivity index (χ2v) is 4.42. The average molecular weight is 291 g/mol. The van der Waals surface area contributed by atoms with Gasteiger partial charge in [0, 0.05) is 4.90 Å². The van der Waals surface area contributed by atoms with Crippen LogP contribution in [0.5, 0.6) is 0 Å². The molecule has 8 heteroatoms. The quantitative estimate of drug-likeness (QED) is 0.684. The summed E-state index contributed by atoms with van der Waals surface area (Å²) in [4.78, 5) is 11.0. The second kappa shape index (κ2) is 5.95. The zero-order valence-electron chi connectivity index (χ0n) is 9.61. The van der Waals surface area contributed by atoms with Crippen LogP contribution in [-0.4, -0.2) is 23.7 Å². The molecule has 1 aromatic carbocycles. The predicted molar refractivity (Wildman–Crippen MR) is 60.3 cm³/mol. The maximum Gasteiger partial charge on any atom is 0.446 e. The molecular weight excluding hydrogens is 283 g/mol. The van der Waals surface area contributed by atoms with Crippen molar-refractivity contribution in [1.82, 2.24) is 0 Å². The van der Waals surface area contributed by atoms with Crippen molar-refractivity contribution in [2.45, 2.75) is 17.0 Å². The number of benzene rings is 1. The van der Waals surface area contributed by atoms with Gasteiger partial charge in [-0.05, 0) is 29.5 Å². The van der Waals surface area contributed by atoms with E-state index in [1.165, 1.54) is 0 Å². The average Bonchev–Trinajstić information content (AvgIpc) is 2.35. The third kappa shape index (κ3) is 3.87. The molecule has 0 saturated carbocycles. The first-order chi connectivity index (χ1) is 8.82. The molecule has 0 aliphatic carbocycles. The molecule has 4 nitrogen and oxygen atoms in total. The summed E-state index contributed by atoms with van der Waals surface area (Å²) >= 11 is -0.502. The molecule has 0 aliphatic heterocycles. The largest absolute Gasteiger partial charge is 0.465 e. The molecule has 19 heavy (non-hydrogen) atoms. The topological polar surface area (TPSA) is 70.3 Å². The Morgan fingerprint density at radius 2 is 2.16 bits per heavy atom. The minimum Gasteiger partial charge on any atom is -0.465 e. The Morgan fingerprint density at radius 3 is 2.58 bits per heavy atom. The minimum absolute atomic E-state index is 0.0157. The molecule has 0 amide bonds. The lowest BCUT2D eigenvalue weighted by molar-refractivity contribution is -0.0328. The van der Waals surface area contributed by atoms with Crippen molar-refractivity contribution in [3.63, 3.8) is 0 Å². The van der Waals surface area contributed by atoms with Crippen molar-refractivity contribution in [3.05, 3.63) is 28.8 Å². The fourth-order valence-corrected chi connectivity index (χ4v) is 2.04. The number of nitrogens with zero attached hydrogens (tertiary/aromatic N) is 1. The molecule has 1 aromatic rings. The van der Waals surface area contributed by atoms with Gasteiger partial charge in [-0.15, -0.1) is 0 Å². The first kappa shape index (κ1) is 15.3. The Balaban J connectivity index is 3.41. The summed E-state index contributed by atoms with van der Waals surface area (Å²) in [6, 6.07) is 3.64. The Hall–Kier alpha value is -1.72. The number of halogens is 3. The molecular formula is C11H8F3NO3S. The third-order valence-electron chi connectivity index (χ3n) is 2.13. The van der Waals surface area contributed by atoms with Gasteiger partial charge in [-0.2, -0.15) is 18.4 Å². The number of ether oxygens (including phenoxy) is 1. The Morgan fingerprint density at radius 1 is 1.53 bits per heavy atom. The molecule has 0 heterocycles. The van der Waals surface area contributed by atoms with Crippen LogP contribution in [0.1, 0.15) is 21.5 Å². The number of esters is 1. The Bertz CT molecular complexity index is 537. The molecule has 0 spiro atoms. The lowest BCUT2D eigenvalue weighted by Gasteiger charge is -2.12. The van der Waals surface area contributed by atoms with Gasteiger partial charge in [-0.1, -0.05) is 0 Å². The molecule has 0 fully saturated rings. The van der Waals surface area contributed by atoms with Gasteiger partial charge >= 0.3 is 11.5 Å². The second-order valence-electron chi connectivity index (χ2n) is 3.31. The maximum absolute atomic E-state index is 12.4. The summed E-state index contributed by atoms with van der Waals surface area (Å²) in [7, 11) is 1.02. The van der Waals surface area contributed by atoms with E-state index in [9.17, 15) is 18.0 Å². The van der Waals surface area contributed by atoms with E-state index < -0.39 is 34.7 Å². The SMILES string of the molecule is COC(=O)c1cc(C#N)c(CO)cc1SC(F)(F)F. The fourth-order valence-electron chi connectivity index (χ4n) is 1.34. The van der Waals surface area contributed by atoms with Crippen LogP contribution in [0.25, 0.3) is 0 Å². The van der Waals surface area contributed by atoms with Crippen LogP contribution in [-0.2, 0) is 11.3 Å². The van der Waals surface area contributed by atoms with E-state index in [-0.39, 0.29) is 16.7 Å². The summed E-state index contributed by atoms with van der Waals surface area (Å²) in [5, 5.41) is 17.8. The highest BCUT2D eigenvalue weighted by Crippen LogP contribution is 2.39. The smallest absolute Gasteiger partial charge is 0.446 e. The van der Waals surface area contributed by atoms with Crippen molar-refractivity contribution < 1.29 is 27.8 Å². The van der Waals surface area contributed by atoms with Gasteiger partial charge in [0.1, 0.15) is 0 Å². The first-order valence-electron chi connectivity index (χ1n) is 4.84. The summed E-state index contributed by atoms with van der Waals surface area (Å²) < 4.78 is 41.5. The van der Waals surface area contributed by atoms with E-state index in [0.29, 0.717) is 0 Å². The van der Waals surface area contributed by atoms with Gasteiger partial charge in [0.15, 0.2) is 0 Å². The standard InChI is InChI=1S/C11H8F3NO3S/c1-18-10(17)8-2-6(4-15)7(5-16)3-9(8)19-11(12,13)14/h2-3,16H,5H2,1H3. The third-order valence-corrected chi connectivity index (χ3v) is 2.92. The van der Waals surface area contributed by atoms with Gasteiger partial charge in [-0.25, -0.2) is 4.79 Å². The highest BCUT2D eigenvalue weighted by atomic mass is 32.2. The molecule has 0 atom stereocenters. The van der Waals surface area contributed by atoms with Crippen LogP contribution < -0.4 is 0 Å². The summed E-state index contributed by atoms with van der Waals surface area (Å²) in [5.41, 5.74) is -5.01.